The summed E-state index contributed by atoms with van der Waals surface area (Å²) in [6, 6.07) is 21.0. The van der Waals surface area contributed by atoms with Gasteiger partial charge in [-0.3, -0.25) is 0 Å². The van der Waals surface area contributed by atoms with Crippen LogP contribution in [0.15, 0.2) is 66.7 Å². The van der Waals surface area contributed by atoms with E-state index in [0.717, 1.165) is 16.7 Å². The second-order valence-electron chi connectivity index (χ2n) is 7.41. The number of benzene rings is 3. The fraction of sp³-hybridized carbons (Fsp3) is 0.231. The highest BCUT2D eigenvalue weighted by atomic mass is 16.5. The maximum atomic E-state index is 12.1. The lowest BCUT2D eigenvalue weighted by Crippen LogP contribution is -2.21. The molecule has 7 heteroatoms. The molecule has 7 nitrogen and oxygen atoms in total. The normalized spacial score (nSPS) is 11.4. The fourth-order valence-electron chi connectivity index (χ4n) is 3.43. The van der Waals surface area contributed by atoms with E-state index in [4.69, 9.17) is 14.2 Å². The van der Waals surface area contributed by atoms with Crippen LogP contribution in [-0.2, 0) is 34.1 Å². The van der Waals surface area contributed by atoms with Gasteiger partial charge >= 0.3 is 5.97 Å². The Kier molecular flexibility index (Phi) is 8.42. The molecule has 170 valence electrons. The Hall–Kier alpha value is -3.86. The number of nitrogens with zero attached hydrogens (tertiary/aromatic N) is 1. The van der Waals surface area contributed by atoms with Crippen molar-refractivity contribution >= 4 is 11.7 Å². The number of carbonyl (C=O) groups is 1. The van der Waals surface area contributed by atoms with Crippen molar-refractivity contribution in [3.63, 3.8) is 0 Å². The van der Waals surface area contributed by atoms with Crippen molar-refractivity contribution in [2.75, 3.05) is 19.5 Å². The Morgan fingerprint density at radius 1 is 0.970 bits per heavy atom. The number of hydrogen-bond acceptors (Lipinski definition) is 6. The molecule has 0 saturated carbocycles. The zero-order valence-electron chi connectivity index (χ0n) is 18.6. The van der Waals surface area contributed by atoms with Crippen molar-refractivity contribution < 1.29 is 24.1 Å². The van der Waals surface area contributed by atoms with E-state index in [0.29, 0.717) is 42.4 Å². The van der Waals surface area contributed by atoms with Gasteiger partial charge in [-0.25, -0.2) is 4.79 Å². The van der Waals surface area contributed by atoms with Gasteiger partial charge in [-0.2, -0.15) is 5.26 Å². The smallest absolute Gasteiger partial charge is 0.330 e. The fourth-order valence-corrected chi connectivity index (χ4v) is 3.43. The van der Waals surface area contributed by atoms with Crippen molar-refractivity contribution in [2.45, 2.75) is 25.9 Å². The van der Waals surface area contributed by atoms with Gasteiger partial charge in [-0.15, -0.1) is 0 Å². The van der Waals surface area contributed by atoms with Crippen LogP contribution in [0.4, 0.5) is 5.69 Å². The van der Waals surface area contributed by atoms with Crippen LogP contribution in [0.1, 0.15) is 33.9 Å². The molecule has 1 unspecified atom stereocenters. The summed E-state index contributed by atoms with van der Waals surface area (Å²) in [5.74, 6) is -0.653. The van der Waals surface area contributed by atoms with E-state index in [1.807, 2.05) is 36.4 Å². The Morgan fingerprint density at radius 2 is 1.70 bits per heavy atom. The second-order valence-corrected chi connectivity index (χ2v) is 7.41. The van der Waals surface area contributed by atoms with E-state index in [1.54, 1.807) is 44.6 Å². The summed E-state index contributed by atoms with van der Waals surface area (Å²) >= 11 is 0. The summed E-state index contributed by atoms with van der Waals surface area (Å²) in [7, 11) is 3.19. The number of nitrogens with one attached hydrogen (secondary N) is 1. The van der Waals surface area contributed by atoms with E-state index in [-0.39, 0.29) is 0 Å². The minimum Gasteiger partial charge on any atom is -0.487 e. The number of carboxylic acids is 1. The van der Waals surface area contributed by atoms with Crippen molar-refractivity contribution in [1.29, 1.82) is 5.26 Å². The molecule has 1 atom stereocenters. The van der Waals surface area contributed by atoms with Gasteiger partial charge in [0.2, 0.25) is 0 Å². The third-order valence-corrected chi connectivity index (χ3v) is 5.06. The summed E-state index contributed by atoms with van der Waals surface area (Å²) in [6.45, 7) is 1.04. The molecular formula is C26H26N2O5. The van der Waals surface area contributed by atoms with Crippen molar-refractivity contribution in [3.8, 4) is 11.8 Å². The van der Waals surface area contributed by atoms with Crippen LogP contribution in [0, 0.1) is 11.3 Å². The van der Waals surface area contributed by atoms with Crippen LogP contribution in [0.5, 0.6) is 5.75 Å². The molecule has 0 aliphatic rings. The molecule has 0 spiro atoms. The Labute approximate surface area is 193 Å². The average Bonchev–Trinajstić information content (AvgIpc) is 2.83. The maximum absolute atomic E-state index is 12.1. The summed E-state index contributed by atoms with van der Waals surface area (Å²) in [5.41, 5.74) is 4.22. The zero-order chi connectivity index (χ0) is 23.6. The van der Waals surface area contributed by atoms with Crippen LogP contribution in [-0.4, -0.2) is 25.3 Å². The molecule has 0 saturated heterocycles. The number of hydrogen-bond donors (Lipinski definition) is 2. The van der Waals surface area contributed by atoms with Crippen LogP contribution in [0.2, 0.25) is 0 Å². The van der Waals surface area contributed by atoms with Crippen LogP contribution < -0.4 is 10.1 Å². The van der Waals surface area contributed by atoms with E-state index in [1.165, 1.54) is 0 Å². The summed E-state index contributed by atoms with van der Waals surface area (Å²) in [4.78, 5) is 12.1. The topological polar surface area (TPSA) is 101 Å². The number of nitriles is 1. The molecule has 0 fully saturated rings. The van der Waals surface area contributed by atoms with Crippen molar-refractivity contribution in [3.05, 3.63) is 94.5 Å². The number of carboxylic acid groups (broad SMARTS) is 1. The molecule has 3 aromatic rings. The first kappa shape index (κ1) is 23.8. The van der Waals surface area contributed by atoms with E-state index in [9.17, 15) is 15.2 Å². The largest absolute Gasteiger partial charge is 0.487 e. The summed E-state index contributed by atoms with van der Waals surface area (Å²) in [6.07, 6.45) is 0. The second kappa shape index (κ2) is 11.7. The van der Waals surface area contributed by atoms with E-state index in [2.05, 4.69) is 11.4 Å². The highest BCUT2D eigenvalue weighted by molar-refractivity contribution is 5.79. The van der Waals surface area contributed by atoms with Gasteiger partial charge in [0.15, 0.2) is 6.04 Å². The van der Waals surface area contributed by atoms with Gasteiger partial charge in [-0.05, 0) is 34.4 Å². The SMILES string of the molecule is COCc1ccc(C(Nc2ccc(C#N)c(OCc3ccccc3)c2)C(=O)O)cc1COC. The molecule has 2 N–H and O–H groups in total. The first-order chi connectivity index (χ1) is 16.0. The Morgan fingerprint density at radius 3 is 2.36 bits per heavy atom. The lowest BCUT2D eigenvalue weighted by molar-refractivity contribution is -0.138. The Bertz CT molecular complexity index is 1130. The van der Waals surface area contributed by atoms with Crippen molar-refractivity contribution in [1.82, 2.24) is 0 Å². The van der Waals surface area contributed by atoms with Gasteiger partial charge < -0.3 is 24.6 Å². The minimum atomic E-state index is -1.03. The van der Waals surface area contributed by atoms with Gasteiger partial charge in [-0.1, -0.05) is 48.5 Å². The maximum Gasteiger partial charge on any atom is 0.330 e. The number of aliphatic carboxylic acids is 1. The van der Waals surface area contributed by atoms with Gasteiger partial charge in [0.05, 0.1) is 18.8 Å². The zero-order valence-corrected chi connectivity index (χ0v) is 18.6. The number of methoxy groups -OCH3 is 2. The highest BCUT2D eigenvalue weighted by Crippen LogP contribution is 2.28. The van der Waals surface area contributed by atoms with Crippen LogP contribution in [0.25, 0.3) is 0 Å². The molecule has 33 heavy (non-hydrogen) atoms. The highest BCUT2D eigenvalue weighted by Gasteiger charge is 2.21. The van der Waals surface area contributed by atoms with E-state index < -0.39 is 12.0 Å². The number of ether oxygens (including phenoxy) is 3. The predicted molar refractivity (Wildman–Crippen MR) is 124 cm³/mol. The lowest BCUT2D eigenvalue weighted by Gasteiger charge is -2.19. The Balaban J connectivity index is 1.85. The molecule has 0 amide bonds. The molecule has 0 aliphatic heterocycles. The van der Waals surface area contributed by atoms with Gasteiger partial charge in [0.1, 0.15) is 18.4 Å². The molecular weight excluding hydrogens is 420 g/mol. The monoisotopic (exact) mass is 446 g/mol. The van der Waals surface area contributed by atoms with Crippen molar-refractivity contribution in [2.24, 2.45) is 0 Å². The molecule has 3 rings (SSSR count). The standard InChI is InChI=1S/C26H26N2O5/c1-31-16-21-9-8-19(12-22(21)17-32-2)25(26(29)30)28-23-11-10-20(14-27)24(13-23)33-15-18-6-4-3-5-7-18/h3-13,25,28H,15-17H2,1-2H3,(H,29,30). The third kappa shape index (κ3) is 6.32. The predicted octanol–water partition coefficient (Wildman–Crippen LogP) is 4.67. The molecule has 0 aromatic heterocycles. The number of anilines is 1. The van der Waals surface area contributed by atoms with Crippen LogP contribution in [0.3, 0.4) is 0 Å². The average molecular weight is 447 g/mol. The minimum absolute atomic E-state index is 0.294. The first-order valence-electron chi connectivity index (χ1n) is 10.4. The number of rotatable bonds is 11. The molecule has 0 heterocycles. The lowest BCUT2D eigenvalue weighted by atomic mass is 9.99. The van der Waals surface area contributed by atoms with Gasteiger partial charge in [0.25, 0.3) is 0 Å². The quantitative estimate of drug-likeness (QED) is 0.441. The summed E-state index contributed by atoms with van der Waals surface area (Å²) in [5, 5.41) is 22.4. The first-order valence-corrected chi connectivity index (χ1v) is 10.4. The van der Waals surface area contributed by atoms with Crippen LogP contribution >= 0.6 is 0 Å². The molecule has 0 radical (unpaired) electrons. The summed E-state index contributed by atoms with van der Waals surface area (Å²) < 4.78 is 16.3. The molecule has 3 aromatic carbocycles. The third-order valence-electron chi connectivity index (χ3n) is 5.06. The van der Waals surface area contributed by atoms with Gasteiger partial charge in [0, 0.05) is 26.0 Å². The molecule has 0 bridgehead atoms. The molecule has 0 aliphatic carbocycles. The van der Waals surface area contributed by atoms with E-state index >= 15 is 0 Å².